The number of nitrogens with one attached hydrogen (secondary N) is 3. The van der Waals surface area contributed by atoms with E-state index in [9.17, 15) is 12.8 Å². The van der Waals surface area contributed by atoms with E-state index in [1.807, 2.05) is 0 Å². The Morgan fingerprint density at radius 2 is 1.90 bits per heavy atom. The minimum Gasteiger partial charge on any atom is -0.363 e. The zero-order valence-corrected chi connectivity index (χ0v) is 22.6. The highest BCUT2D eigenvalue weighted by Crippen LogP contribution is 2.33. The first-order valence-electron chi connectivity index (χ1n) is 12.7. The number of aromatic nitrogens is 3. The fourth-order valence-corrected chi connectivity index (χ4v) is 5.78. The third-order valence-electron chi connectivity index (χ3n) is 7.28. The van der Waals surface area contributed by atoms with Gasteiger partial charge in [0.05, 0.1) is 16.1 Å². The summed E-state index contributed by atoms with van der Waals surface area (Å²) in [5.41, 5.74) is 1.97. The van der Waals surface area contributed by atoms with Gasteiger partial charge in [-0.2, -0.15) is 4.98 Å². The summed E-state index contributed by atoms with van der Waals surface area (Å²) < 4.78 is 57.8. The number of anilines is 4. The Labute approximate surface area is 225 Å². The molecule has 0 spiro atoms. The molecule has 0 saturated carbocycles. The van der Waals surface area contributed by atoms with Gasteiger partial charge in [-0.05, 0) is 69.7 Å². The summed E-state index contributed by atoms with van der Waals surface area (Å²) >= 11 is 0. The molecule has 0 aliphatic carbocycles. The first-order valence-corrected chi connectivity index (χ1v) is 14.2. The Morgan fingerprint density at radius 1 is 1.08 bits per heavy atom. The lowest BCUT2D eigenvalue weighted by molar-refractivity contribution is 0.561. The largest absolute Gasteiger partial charge is 0.363 e. The maximum absolute atomic E-state index is 15.1. The van der Waals surface area contributed by atoms with E-state index >= 15 is 4.39 Å². The van der Waals surface area contributed by atoms with Gasteiger partial charge in [0.15, 0.2) is 0 Å². The molecule has 39 heavy (non-hydrogen) atoms. The van der Waals surface area contributed by atoms with Gasteiger partial charge < -0.3 is 20.1 Å². The average Bonchev–Trinajstić information content (AvgIpc) is 3.61. The van der Waals surface area contributed by atoms with E-state index in [2.05, 4.69) is 30.2 Å². The van der Waals surface area contributed by atoms with Crippen LogP contribution in [0.4, 0.5) is 31.8 Å². The maximum atomic E-state index is 15.1. The van der Waals surface area contributed by atoms with Crippen LogP contribution in [0.2, 0.25) is 0 Å². The van der Waals surface area contributed by atoms with Crippen LogP contribution < -0.4 is 20.3 Å². The first kappa shape index (κ1) is 25.5. The van der Waals surface area contributed by atoms with Crippen LogP contribution in [-0.2, 0) is 10.0 Å². The Morgan fingerprint density at radius 3 is 2.59 bits per heavy atom. The molecule has 12 heteroatoms. The van der Waals surface area contributed by atoms with Gasteiger partial charge in [-0.15, -0.1) is 0 Å². The Kier molecular flexibility index (Phi) is 5.99. The molecular formula is C27H29F2N7O2S. The molecule has 2 bridgehead atoms. The van der Waals surface area contributed by atoms with E-state index in [1.54, 1.807) is 35.2 Å². The van der Waals surface area contributed by atoms with Gasteiger partial charge in [-0.3, -0.25) is 4.72 Å². The number of piperazine rings is 1. The lowest BCUT2D eigenvalue weighted by Crippen LogP contribution is -2.43. The molecule has 4 aromatic rings. The summed E-state index contributed by atoms with van der Waals surface area (Å²) in [5, 5.41) is 7.22. The number of halogens is 2. The number of hydrogen-bond donors (Lipinski definition) is 3. The average molecular weight is 554 g/mol. The topological polar surface area (TPSA) is 104 Å². The lowest BCUT2D eigenvalue weighted by atomic mass is 10.2. The molecule has 0 radical (unpaired) electrons. The van der Waals surface area contributed by atoms with Crippen molar-refractivity contribution in [2.45, 2.75) is 44.0 Å². The standard InChI is InChI=1S/C27H29F2N7O2S/c1-27(2,3)39(37,38)34-23-12-19(5-6-21(23)28)35-9-8-16-13-31-26(33-25(16)35)32-17-4-7-24(22(29)11-17)36-15-18-10-20(36)14-30-18/h4-9,11-13,18,20,30,34H,10,14-15H2,1-3H3,(H,31,32,33). The van der Waals surface area contributed by atoms with Crippen molar-refractivity contribution in [2.24, 2.45) is 0 Å². The molecule has 4 heterocycles. The zero-order valence-electron chi connectivity index (χ0n) is 21.7. The van der Waals surface area contributed by atoms with Crippen LogP contribution in [0, 0.1) is 11.6 Å². The Balaban J connectivity index is 1.27. The van der Waals surface area contributed by atoms with Gasteiger partial charge in [0.25, 0.3) is 0 Å². The second-order valence-corrected chi connectivity index (χ2v) is 13.4. The molecule has 2 aromatic heterocycles. The zero-order chi connectivity index (χ0) is 27.5. The number of benzene rings is 2. The molecule has 3 N–H and O–H groups in total. The van der Waals surface area contributed by atoms with Crippen molar-refractivity contribution in [3.63, 3.8) is 0 Å². The molecule has 2 fully saturated rings. The van der Waals surface area contributed by atoms with Crippen molar-refractivity contribution in [2.75, 3.05) is 28.0 Å². The fraction of sp³-hybridized carbons (Fsp3) is 0.333. The molecule has 204 valence electrons. The van der Waals surface area contributed by atoms with E-state index < -0.39 is 20.6 Å². The molecule has 2 aromatic carbocycles. The summed E-state index contributed by atoms with van der Waals surface area (Å²) in [6, 6.07) is 11.7. The normalized spacial score (nSPS) is 19.2. The third-order valence-corrected chi connectivity index (χ3v) is 9.38. The van der Waals surface area contributed by atoms with E-state index in [4.69, 9.17) is 0 Å². The summed E-state index contributed by atoms with van der Waals surface area (Å²) in [5.74, 6) is -0.744. The number of sulfonamides is 1. The van der Waals surface area contributed by atoms with Crippen molar-refractivity contribution in [3.8, 4) is 5.69 Å². The van der Waals surface area contributed by atoms with Gasteiger partial charge in [0, 0.05) is 54.3 Å². The van der Waals surface area contributed by atoms with Crippen LogP contribution in [0.3, 0.4) is 0 Å². The molecular weight excluding hydrogens is 524 g/mol. The monoisotopic (exact) mass is 553 g/mol. The predicted octanol–water partition coefficient (Wildman–Crippen LogP) is 4.53. The highest BCUT2D eigenvalue weighted by molar-refractivity contribution is 7.94. The van der Waals surface area contributed by atoms with Crippen LogP contribution in [-0.4, -0.2) is 52.9 Å². The van der Waals surface area contributed by atoms with Crippen LogP contribution in [0.1, 0.15) is 27.2 Å². The van der Waals surface area contributed by atoms with E-state index in [1.165, 1.54) is 45.0 Å². The van der Waals surface area contributed by atoms with Crippen LogP contribution >= 0.6 is 0 Å². The number of fused-ring (bicyclic) bond motifs is 3. The second-order valence-electron chi connectivity index (χ2n) is 11.0. The predicted molar refractivity (Wildman–Crippen MR) is 148 cm³/mol. The number of hydrogen-bond acceptors (Lipinski definition) is 7. The summed E-state index contributed by atoms with van der Waals surface area (Å²) in [7, 11) is -3.83. The van der Waals surface area contributed by atoms with Gasteiger partial charge in [0.2, 0.25) is 16.0 Å². The Hall–Kier alpha value is -3.77. The molecule has 0 amide bonds. The summed E-state index contributed by atoms with van der Waals surface area (Å²) in [6.07, 6.45) is 4.41. The molecule has 2 aliphatic heterocycles. The maximum Gasteiger partial charge on any atom is 0.237 e. The Bertz CT molecular complexity index is 1680. The highest BCUT2D eigenvalue weighted by Gasteiger charge is 2.38. The van der Waals surface area contributed by atoms with Crippen molar-refractivity contribution >= 4 is 44.1 Å². The summed E-state index contributed by atoms with van der Waals surface area (Å²) in [4.78, 5) is 11.1. The van der Waals surface area contributed by atoms with Crippen LogP contribution in [0.15, 0.2) is 54.9 Å². The molecule has 9 nitrogen and oxygen atoms in total. The van der Waals surface area contributed by atoms with E-state index in [0.717, 1.165) is 24.9 Å². The lowest BCUT2D eigenvalue weighted by Gasteiger charge is -2.30. The molecule has 2 unspecified atom stereocenters. The summed E-state index contributed by atoms with van der Waals surface area (Å²) in [6.45, 7) is 6.28. The van der Waals surface area contributed by atoms with Crippen molar-refractivity contribution < 1.29 is 17.2 Å². The molecule has 2 atom stereocenters. The van der Waals surface area contributed by atoms with Gasteiger partial charge >= 0.3 is 0 Å². The molecule has 6 rings (SSSR count). The van der Waals surface area contributed by atoms with Crippen LogP contribution in [0.5, 0.6) is 0 Å². The molecule has 2 saturated heterocycles. The van der Waals surface area contributed by atoms with Gasteiger partial charge in [0.1, 0.15) is 17.3 Å². The van der Waals surface area contributed by atoms with E-state index in [-0.39, 0.29) is 17.5 Å². The van der Waals surface area contributed by atoms with Gasteiger partial charge in [-0.1, -0.05) is 0 Å². The van der Waals surface area contributed by atoms with Crippen LogP contribution in [0.25, 0.3) is 16.7 Å². The second kappa shape index (κ2) is 9.16. The van der Waals surface area contributed by atoms with E-state index in [0.29, 0.717) is 34.8 Å². The van der Waals surface area contributed by atoms with Crippen molar-refractivity contribution in [1.29, 1.82) is 0 Å². The molecule has 2 aliphatic rings. The van der Waals surface area contributed by atoms with Crippen molar-refractivity contribution in [1.82, 2.24) is 19.9 Å². The quantitative estimate of drug-likeness (QED) is 0.322. The fourth-order valence-electron chi connectivity index (χ4n) is 5.03. The number of nitrogens with zero attached hydrogens (tertiary/aromatic N) is 4. The van der Waals surface area contributed by atoms with Gasteiger partial charge in [-0.25, -0.2) is 22.2 Å². The highest BCUT2D eigenvalue weighted by atomic mass is 32.2. The third kappa shape index (κ3) is 4.67. The minimum absolute atomic E-state index is 0.158. The first-order chi connectivity index (χ1) is 18.5. The SMILES string of the molecule is CC(C)(C)S(=O)(=O)Nc1cc(-n2ccc3cnc(Nc4ccc(N5CC6CC5CN6)c(F)c4)nc32)ccc1F. The minimum atomic E-state index is -3.83. The number of rotatable bonds is 6. The van der Waals surface area contributed by atoms with Crippen molar-refractivity contribution in [3.05, 3.63) is 66.5 Å². The smallest absolute Gasteiger partial charge is 0.237 e.